The van der Waals surface area contributed by atoms with Gasteiger partial charge in [-0.3, -0.25) is 13.0 Å². The molecule has 0 radical (unpaired) electrons. The fourth-order valence-electron chi connectivity index (χ4n) is 2.20. The van der Waals surface area contributed by atoms with Gasteiger partial charge in [-0.2, -0.15) is 8.42 Å². The Labute approximate surface area is 178 Å². The van der Waals surface area contributed by atoms with E-state index < -0.39 is 31.7 Å². The Morgan fingerprint density at radius 1 is 0.857 bits per heavy atom. The predicted molar refractivity (Wildman–Crippen MR) is 115 cm³/mol. The van der Waals surface area contributed by atoms with Gasteiger partial charge in [0.15, 0.2) is 0 Å². The molecule has 0 bridgehead atoms. The smallest absolute Gasteiger partial charge is 0.264 e. The molecule has 0 aromatic carbocycles. The molecular weight excluding hydrogens is 448 g/mol. The van der Waals surface area contributed by atoms with Gasteiger partial charge >= 0.3 is 0 Å². The van der Waals surface area contributed by atoms with Gasteiger partial charge in [0.25, 0.3) is 10.1 Å². The summed E-state index contributed by atoms with van der Waals surface area (Å²) in [5.41, 5.74) is -0.366. The molecule has 0 fully saturated rings. The first-order valence-corrected chi connectivity index (χ1v) is 14.5. The van der Waals surface area contributed by atoms with E-state index in [1.165, 1.54) is 0 Å². The number of rotatable bonds is 17. The van der Waals surface area contributed by atoms with Crippen LogP contribution in [-0.2, 0) is 41.1 Å². The SMILES string of the molecule is CC(C)(CCSOOO)CCS(=O)CCS(=O)CCC(C)(C)CCS(=O)(=O)O. The minimum atomic E-state index is -3.99. The Hall–Kier alpha value is 0.440. The molecule has 0 aliphatic carbocycles. The molecule has 0 saturated heterocycles. The molecule has 0 aliphatic heterocycles. The third-order valence-corrected chi connectivity index (χ3v) is 8.67. The minimum absolute atomic E-state index is 0.0301. The highest BCUT2D eigenvalue weighted by Gasteiger charge is 2.22. The summed E-state index contributed by atoms with van der Waals surface area (Å²) in [6, 6.07) is 0. The molecule has 0 aliphatic rings. The molecule has 2 atom stereocenters. The summed E-state index contributed by atoms with van der Waals surface area (Å²) in [5, 5.41) is 11.6. The second-order valence-corrected chi connectivity index (χ2v) is 14.0. The van der Waals surface area contributed by atoms with Crippen LogP contribution in [0.15, 0.2) is 0 Å². The third kappa shape index (κ3) is 17.3. The molecule has 0 heterocycles. The van der Waals surface area contributed by atoms with E-state index in [4.69, 9.17) is 9.81 Å². The van der Waals surface area contributed by atoms with Crippen molar-refractivity contribution in [2.75, 3.05) is 34.5 Å². The highest BCUT2D eigenvalue weighted by molar-refractivity contribution is 7.94. The Kier molecular flexibility index (Phi) is 13.9. The second-order valence-electron chi connectivity index (χ2n) is 8.28. The fraction of sp³-hybridized carbons (Fsp3) is 1.00. The van der Waals surface area contributed by atoms with Crippen LogP contribution >= 0.6 is 12.0 Å². The van der Waals surface area contributed by atoms with E-state index in [1.54, 1.807) is 0 Å². The summed E-state index contributed by atoms with van der Waals surface area (Å²) >= 11 is 1.01. The monoisotopic (exact) mass is 482 g/mol. The first-order chi connectivity index (χ1) is 12.8. The summed E-state index contributed by atoms with van der Waals surface area (Å²) in [7, 11) is -6.14. The van der Waals surface area contributed by atoms with Gasteiger partial charge in [-0.1, -0.05) is 32.7 Å². The molecule has 2 N–H and O–H groups in total. The molecular formula is C16H34O8S4. The van der Waals surface area contributed by atoms with E-state index in [0.29, 0.717) is 41.6 Å². The van der Waals surface area contributed by atoms with Crippen LogP contribution in [0.25, 0.3) is 0 Å². The number of hydrogen-bond acceptors (Lipinski definition) is 8. The van der Waals surface area contributed by atoms with E-state index >= 15 is 0 Å². The molecule has 0 amide bonds. The molecule has 0 aromatic rings. The highest BCUT2D eigenvalue weighted by Crippen LogP contribution is 2.28. The van der Waals surface area contributed by atoms with E-state index in [9.17, 15) is 16.8 Å². The molecule has 8 nitrogen and oxygen atoms in total. The first kappa shape index (κ1) is 28.4. The van der Waals surface area contributed by atoms with Crippen molar-refractivity contribution >= 4 is 43.8 Å². The van der Waals surface area contributed by atoms with Crippen molar-refractivity contribution in [2.45, 2.75) is 53.4 Å². The van der Waals surface area contributed by atoms with Gasteiger partial charge < -0.3 is 0 Å². The highest BCUT2D eigenvalue weighted by atomic mass is 32.2. The van der Waals surface area contributed by atoms with Crippen LogP contribution in [0, 0.1) is 10.8 Å². The van der Waals surface area contributed by atoms with Crippen molar-refractivity contribution in [2.24, 2.45) is 10.8 Å². The van der Waals surface area contributed by atoms with Crippen LogP contribution in [0.5, 0.6) is 0 Å². The normalized spacial score (nSPS) is 15.5. The maximum Gasteiger partial charge on any atom is 0.264 e. The molecule has 0 rings (SSSR count). The predicted octanol–water partition coefficient (Wildman–Crippen LogP) is 3.05. The number of hydrogen-bond donors (Lipinski definition) is 2. The maximum atomic E-state index is 12.2. The molecule has 0 aromatic heterocycles. The average molecular weight is 483 g/mol. The zero-order valence-electron chi connectivity index (χ0n) is 17.0. The molecule has 12 heteroatoms. The fourth-order valence-corrected chi connectivity index (χ4v) is 7.21. The van der Waals surface area contributed by atoms with Crippen LogP contribution in [-0.4, -0.2) is 61.2 Å². The van der Waals surface area contributed by atoms with E-state index in [0.717, 1.165) is 24.9 Å². The maximum absolute atomic E-state index is 12.2. The summed E-state index contributed by atoms with van der Waals surface area (Å²) in [5.74, 6) is 2.03. The summed E-state index contributed by atoms with van der Waals surface area (Å²) < 4.78 is 59.2. The first-order valence-electron chi connectivity index (χ1n) is 9.01. The Balaban J connectivity index is 4.06. The molecule has 0 spiro atoms. The minimum Gasteiger partial charge on any atom is -0.286 e. The average Bonchev–Trinajstić information content (AvgIpc) is 2.58. The largest absolute Gasteiger partial charge is 0.286 e. The van der Waals surface area contributed by atoms with Crippen LogP contribution in [0.3, 0.4) is 0 Å². The van der Waals surface area contributed by atoms with Crippen LogP contribution in [0.1, 0.15) is 53.4 Å². The van der Waals surface area contributed by atoms with Gasteiger partial charge in [0.1, 0.15) is 0 Å². The second kappa shape index (κ2) is 13.7. The van der Waals surface area contributed by atoms with Gasteiger partial charge in [0, 0.05) is 62.4 Å². The van der Waals surface area contributed by atoms with Crippen molar-refractivity contribution in [1.29, 1.82) is 0 Å². The lowest BCUT2D eigenvalue weighted by Crippen LogP contribution is -2.22. The van der Waals surface area contributed by atoms with Crippen LogP contribution in [0.2, 0.25) is 0 Å². The Morgan fingerprint density at radius 3 is 1.75 bits per heavy atom. The van der Waals surface area contributed by atoms with Crippen molar-refractivity contribution in [3.8, 4) is 0 Å². The van der Waals surface area contributed by atoms with Gasteiger partial charge in [-0.25, -0.2) is 5.26 Å². The van der Waals surface area contributed by atoms with Gasteiger partial charge in [-0.05, 0) is 36.5 Å². The molecule has 170 valence electrons. The van der Waals surface area contributed by atoms with E-state index in [2.05, 4.69) is 23.2 Å². The standard InChI is InChI=1S/C16H34O8S4/c1-15(2,5-9-25-24-23-17)6-10-26(18)12-13-27(19)11-7-16(3,4)8-14-28(20,21)22/h17H,5-14H2,1-4H3,(H,20,21,22). The molecule has 28 heavy (non-hydrogen) atoms. The quantitative estimate of drug-likeness (QED) is 0.106. The summed E-state index contributed by atoms with van der Waals surface area (Å²) in [6.45, 7) is 7.89. The summed E-state index contributed by atoms with van der Waals surface area (Å²) in [4.78, 5) is 0. The molecule has 0 saturated carbocycles. The van der Waals surface area contributed by atoms with Crippen molar-refractivity contribution in [1.82, 2.24) is 0 Å². The van der Waals surface area contributed by atoms with E-state index in [1.807, 2.05) is 13.8 Å². The lowest BCUT2D eigenvalue weighted by Gasteiger charge is -2.24. The van der Waals surface area contributed by atoms with Crippen molar-refractivity contribution in [3.63, 3.8) is 0 Å². The Bertz CT molecular complexity index is 589. The van der Waals surface area contributed by atoms with Gasteiger partial charge in [-0.15, -0.1) is 4.33 Å². The van der Waals surface area contributed by atoms with Gasteiger partial charge in [0.2, 0.25) is 0 Å². The lowest BCUT2D eigenvalue weighted by atomic mass is 9.87. The zero-order valence-corrected chi connectivity index (χ0v) is 20.3. The van der Waals surface area contributed by atoms with E-state index in [-0.39, 0.29) is 16.6 Å². The topological polar surface area (TPSA) is 127 Å². The van der Waals surface area contributed by atoms with Crippen molar-refractivity contribution in [3.05, 3.63) is 0 Å². The molecule has 2 unspecified atom stereocenters. The summed E-state index contributed by atoms with van der Waals surface area (Å²) in [6.07, 6.45) is 2.45. The third-order valence-electron chi connectivity index (χ3n) is 4.53. The Morgan fingerprint density at radius 2 is 1.32 bits per heavy atom. The zero-order chi connectivity index (χ0) is 21.8. The van der Waals surface area contributed by atoms with Crippen LogP contribution < -0.4 is 0 Å². The lowest BCUT2D eigenvalue weighted by molar-refractivity contribution is -0.432. The van der Waals surface area contributed by atoms with Crippen molar-refractivity contribution < 1.29 is 36.0 Å². The van der Waals surface area contributed by atoms with Gasteiger partial charge in [0.05, 0.1) is 5.75 Å². The van der Waals surface area contributed by atoms with Crippen LogP contribution in [0.4, 0.5) is 0 Å².